The van der Waals surface area contributed by atoms with Crippen molar-refractivity contribution < 1.29 is 43.7 Å². The molecule has 15 heteroatoms. The monoisotopic (exact) mass is 547 g/mol. The van der Waals surface area contributed by atoms with Crippen molar-refractivity contribution in [1.82, 2.24) is 25.8 Å². The van der Waals surface area contributed by atoms with Gasteiger partial charge < -0.3 is 35.8 Å². The summed E-state index contributed by atoms with van der Waals surface area (Å²) in [5.41, 5.74) is 1.02. The molecule has 3 aliphatic rings. The molecular formula is C23H25N5O9S. The van der Waals surface area contributed by atoms with Gasteiger partial charge in [0, 0.05) is 31.0 Å². The van der Waals surface area contributed by atoms with Crippen LogP contribution in [0.3, 0.4) is 0 Å². The molecule has 0 spiro atoms. The van der Waals surface area contributed by atoms with Crippen LogP contribution in [0.2, 0.25) is 0 Å². The zero-order valence-electron chi connectivity index (χ0n) is 20.1. The first-order valence-corrected chi connectivity index (χ1v) is 12.7. The van der Waals surface area contributed by atoms with Crippen LogP contribution in [0.15, 0.2) is 35.5 Å². The number of hydrogen-bond acceptors (Lipinski definition) is 10. The quantitative estimate of drug-likeness (QED) is 0.205. The fourth-order valence-electron chi connectivity index (χ4n) is 4.11. The van der Waals surface area contributed by atoms with Crippen LogP contribution in [0, 0.1) is 0 Å². The summed E-state index contributed by atoms with van der Waals surface area (Å²) in [6.45, 7) is 2.11. The average Bonchev–Trinajstić information content (AvgIpc) is 3.27. The Hall–Kier alpha value is -4.27. The number of amides is 5. The van der Waals surface area contributed by atoms with Crippen molar-refractivity contribution in [3.63, 3.8) is 0 Å². The standard InChI is InChI=1S/C23H25N5O9S/c1-2-27-7-8-28(20(32)19(27)31)23(36)26-14(11-3-5-13(29)6-4-11)17(30)24-16(21(33)34)18-25-15-12(10-38-18)9-37-22(15)35/h3-6,14,16,18,25,29H,2,7-10H2,1H3,(H,24,30)(H,26,36)(H,33,34)/t14-,16-,18-/m1/s1. The van der Waals surface area contributed by atoms with Crippen molar-refractivity contribution in [2.24, 2.45) is 0 Å². The molecule has 1 saturated heterocycles. The van der Waals surface area contributed by atoms with Gasteiger partial charge in [0.05, 0.1) is 0 Å². The first-order chi connectivity index (χ1) is 18.1. The van der Waals surface area contributed by atoms with Gasteiger partial charge in [-0.3, -0.25) is 19.3 Å². The number of urea groups is 1. The fraction of sp³-hybridized carbons (Fsp3) is 0.391. The second kappa shape index (κ2) is 11.0. The number of rotatable bonds is 7. The van der Waals surface area contributed by atoms with E-state index in [0.717, 1.165) is 11.8 Å². The summed E-state index contributed by atoms with van der Waals surface area (Å²) in [6, 6.07) is 1.19. The Morgan fingerprint density at radius 1 is 1.13 bits per heavy atom. The second-order valence-corrected chi connectivity index (χ2v) is 9.70. The van der Waals surface area contributed by atoms with E-state index in [2.05, 4.69) is 16.0 Å². The zero-order valence-corrected chi connectivity index (χ0v) is 20.9. The van der Waals surface area contributed by atoms with Gasteiger partial charge in [-0.15, -0.1) is 11.8 Å². The summed E-state index contributed by atoms with van der Waals surface area (Å²) in [6.07, 6.45) is 0. The van der Waals surface area contributed by atoms with Gasteiger partial charge in [-0.25, -0.2) is 14.4 Å². The normalized spacial score (nSPS) is 20.8. The predicted molar refractivity (Wildman–Crippen MR) is 130 cm³/mol. The number of imide groups is 1. The van der Waals surface area contributed by atoms with Crippen LogP contribution in [-0.4, -0.2) is 99.1 Å². The summed E-state index contributed by atoms with van der Waals surface area (Å²) >= 11 is 1.16. The number of carboxylic acids is 1. The van der Waals surface area contributed by atoms with E-state index in [1.165, 1.54) is 29.2 Å². The molecule has 0 bridgehead atoms. The minimum absolute atomic E-state index is 0.0951. The van der Waals surface area contributed by atoms with Crippen molar-refractivity contribution >= 4 is 47.5 Å². The largest absolute Gasteiger partial charge is 0.508 e. The number of hydrogen-bond donors (Lipinski definition) is 5. The molecule has 202 valence electrons. The molecule has 1 fully saturated rings. The summed E-state index contributed by atoms with van der Waals surface area (Å²) < 4.78 is 4.96. The number of cyclic esters (lactones) is 1. The molecule has 0 unspecified atom stereocenters. The molecule has 5 amide bonds. The van der Waals surface area contributed by atoms with E-state index in [1.54, 1.807) is 6.92 Å². The highest BCUT2D eigenvalue weighted by Crippen LogP contribution is 2.29. The molecular weight excluding hydrogens is 522 g/mol. The second-order valence-electron chi connectivity index (χ2n) is 8.57. The first kappa shape index (κ1) is 26.8. The Labute approximate surface area is 220 Å². The zero-order chi connectivity index (χ0) is 27.6. The molecule has 0 aromatic heterocycles. The number of phenolic OH excluding ortho intramolecular Hbond substituents is 1. The van der Waals surface area contributed by atoms with E-state index in [-0.39, 0.29) is 36.7 Å². The van der Waals surface area contributed by atoms with Crippen LogP contribution in [0.25, 0.3) is 0 Å². The fourth-order valence-corrected chi connectivity index (χ4v) is 5.30. The number of likely N-dealkylation sites (N-methyl/N-ethyl adjacent to an activating group) is 1. The van der Waals surface area contributed by atoms with Crippen molar-refractivity contribution in [3.05, 3.63) is 41.1 Å². The third-order valence-corrected chi connectivity index (χ3v) is 7.48. The number of piperazine rings is 1. The van der Waals surface area contributed by atoms with E-state index < -0.39 is 53.1 Å². The number of carbonyl (C=O) groups is 6. The van der Waals surface area contributed by atoms with Gasteiger partial charge in [0.15, 0.2) is 6.04 Å². The molecule has 1 aromatic rings. The minimum Gasteiger partial charge on any atom is -0.508 e. The number of thioether (sulfide) groups is 1. The summed E-state index contributed by atoms with van der Waals surface area (Å²) in [5.74, 6) is -4.66. The van der Waals surface area contributed by atoms with Crippen LogP contribution in [0.5, 0.6) is 5.75 Å². The number of ether oxygens (including phenoxy) is 1. The van der Waals surface area contributed by atoms with Crippen LogP contribution in [-0.2, 0) is 28.7 Å². The highest BCUT2D eigenvalue weighted by molar-refractivity contribution is 8.00. The number of carbonyl (C=O) groups excluding carboxylic acids is 5. The summed E-state index contributed by atoms with van der Waals surface area (Å²) in [4.78, 5) is 77.1. The van der Waals surface area contributed by atoms with Gasteiger partial charge in [0.1, 0.15) is 29.5 Å². The highest BCUT2D eigenvalue weighted by atomic mass is 32.2. The number of benzene rings is 1. The lowest BCUT2D eigenvalue weighted by atomic mass is 10.1. The highest BCUT2D eigenvalue weighted by Gasteiger charge is 2.41. The Morgan fingerprint density at radius 2 is 1.84 bits per heavy atom. The molecule has 0 aliphatic carbocycles. The Bertz CT molecular complexity index is 1220. The lowest BCUT2D eigenvalue weighted by Gasteiger charge is -2.33. The van der Waals surface area contributed by atoms with Crippen molar-refractivity contribution in [2.45, 2.75) is 24.4 Å². The molecule has 14 nitrogen and oxygen atoms in total. The maximum Gasteiger partial charge on any atom is 0.354 e. The van der Waals surface area contributed by atoms with Gasteiger partial charge >= 0.3 is 29.8 Å². The molecule has 0 saturated carbocycles. The van der Waals surface area contributed by atoms with E-state index in [9.17, 15) is 39.0 Å². The Balaban J connectivity index is 1.54. The molecule has 3 atom stereocenters. The van der Waals surface area contributed by atoms with E-state index in [4.69, 9.17) is 4.74 Å². The van der Waals surface area contributed by atoms with Gasteiger partial charge in [0.2, 0.25) is 5.91 Å². The molecule has 1 aromatic carbocycles. The Morgan fingerprint density at radius 3 is 2.50 bits per heavy atom. The third-order valence-electron chi connectivity index (χ3n) is 6.22. The molecule has 5 N–H and O–H groups in total. The lowest BCUT2D eigenvalue weighted by Crippen LogP contribution is -2.60. The maximum atomic E-state index is 13.4. The summed E-state index contributed by atoms with van der Waals surface area (Å²) in [5, 5.41) is 26.2. The number of aliphatic carboxylic acids is 1. The molecule has 3 aliphatic heterocycles. The van der Waals surface area contributed by atoms with Gasteiger partial charge in [0.25, 0.3) is 0 Å². The van der Waals surface area contributed by atoms with Gasteiger partial charge in [-0.05, 0) is 24.6 Å². The smallest absolute Gasteiger partial charge is 0.354 e. The maximum absolute atomic E-state index is 13.4. The first-order valence-electron chi connectivity index (χ1n) is 11.6. The molecule has 38 heavy (non-hydrogen) atoms. The number of aromatic hydroxyl groups is 1. The van der Waals surface area contributed by atoms with Crippen molar-refractivity contribution in [3.8, 4) is 5.75 Å². The van der Waals surface area contributed by atoms with E-state index in [1.807, 2.05) is 0 Å². The number of phenols is 1. The van der Waals surface area contributed by atoms with Crippen LogP contribution < -0.4 is 16.0 Å². The van der Waals surface area contributed by atoms with Gasteiger partial charge in [-0.2, -0.15) is 0 Å². The Kier molecular flexibility index (Phi) is 7.75. The van der Waals surface area contributed by atoms with Crippen LogP contribution >= 0.6 is 11.8 Å². The molecule has 3 heterocycles. The SMILES string of the molecule is CCN1CCN(C(=O)N[C@@H](C(=O)N[C@@H](C(=O)O)[C@@H]2NC3=C(COC3=O)CS2)c2ccc(O)cc2)C(=O)C1=O. The van der Waals surface area contributed by atoms with E-state index >= 15 is 0 Å². The van der Waals surface area contributed by atoms with Crippen molar-refractivity contribution in [1.29, 1.82) is 0 Å². The van der Waals surface area contributed by atoms with E-state index in [0.29, 0.717) is 22.8 Å². The number of esters is 1. The minimum atomic E-state index is -1.53. The molecule has 0 radical (unpaired) electrons. The third kappa shape index (κ3) is 5.37. The van der Waals surface area contributed by atoms with Gasteiger partial charge in [-0.1, -0.05) is 12.1 Å². The van der Waals surface area contributed by atoms with Crippen LogP contribution in [0.4, 0.5) is 4.79 Å². The average molecular weight is 548 g/mol. The number of carboxylic acid groups (broad SMARTS) is 1. The van der Waals surface area contributed by atoms with Crippen LogP contribution in [0.1, 0.15) is 18.5 Å². The molecule has 4 rings (SSSR count). The number of nitrogens with one attached hydrogen (secondary N) is 3. The topological polar surface area (TPSA) is 195 Å². The predicted octanol–water partition coefficient (Wildman–Crippen LogP) is -1.12. The van der Waals surface area contributed by atoms with Crippen molar-refractivity contribution in [2.75, 3.05) is 32.0 Å². The number of nitrogens with zero attached hydrogens (tertiary/aromatic N) is 2. The summed E-state index contributed by atoms with van der Waals surface area (Å²) in [7, 11) is 0. The lowest BCUT2D eigenvalue weighted by molar-refractivity contribution is -0.153.